The number of nitriles is 1. The first-order valence-corrected chi connectivity index (χ1v) is 8.87. The summed E-state index contributed by atoms with van der Waals surface area (Å²) in [5.74, 6) is 0.0482. The first-order chi connectivity index (χ1) is 10.0. The van der Waals surface area contributed by atoms with Crippen LogP contribution in [0.2, 0.25) is 0 Å². The topological polar surface area (TPSA) is 82.0 Å². The fourth-order valence-corrected chi connectivity index (χ4v) is 3.02. The summed E-state index contributed by atoms with van der Waals surface area (Å²) in [6.45, 7) is 2.22. The zero-order valence-corrected chi connectivity index (χ0v) is 13.1. The number of rotatable bonds is 6. The van der Waals surface area contributed by atoms with Crippen molar-refractivity contribution in [2.24, 2.45) is 0 Å². The van der Waals surface area contributed by atoms with Crippen LogP contribution in [0.15, 0.2) is 35.7 Å². The SMILES string of the molecule is CCS(=O)(=O)Nc1ccc(NCc2cc(C#N)cs2)cc1. The predicted molar refractivity (Wildman–Crippen MR) is 85.9 cm³/mol. The van der Waals surface area contributed by atoms with Crippen LogP contribution in [-0.2, 0) is 16.6 Å². The van der Waals surface area contributed by atoms with Crippen LogP contribution in [0.4, 0.5) is 11.4 Å². The van der Waals surface area contributed by atoms with Crippen molar-refractivity contribution >= 4 is 32.7 Å². The Bertz CT molecular complexity index is 743. The Morgan fingerprint density at radius 3 is 2.48 bits per heavy atom. The van der Waals surface area contributed by atoms with Crippen LogP contribution in [0.25, 0.3) is 0 Å². The average Bonchev–Trinajstić information content (AvgIpc) is 2.94. The minimum Gasteiger partial charge on any atom is -0.380 e. The fraction of sp³-hybridized carbons (Fsp3) is 0.214. The van der Waals surface area contributed by atoms with Crippen molar-refractivity contribution in [1.82, 2.24) is 0 Å². The Balaban J connectivity index is 1.95. The Kier molecular flexibility index (Phi) is 4.83. The van der Waals surface area contributed by atoms with Crippen LogP contribution < -0.4 is 10.0 Å². The van der Waals surface area contributed by atoms with Gasteiger partial charge in [-0.2, -0.15) is 5.26 Å². The van der Waals surface area contributed by atoms with E-state index >= 15 is 0 Å². The molecule has 1 aromatic carbocycles. The van der Waals surface area contributed by atoms with Gasteiger partial charge in [0, 0.05) is 28.2 Å². The number of sulfonamides is 1. The third-order valence-corrected chi connectivity index (χ3v) is 5.03. The molecule has 0 spiro atoms. The lowest BCUT2D eigenvalue weighted by Gasteiger charge is -2.08. The van der Waals surface area contributed by atoms with Crippen LogP contribution in [0.1, 0.15) is 17.4 Å². The molecule has 7 heteroatoms. The number of hydrogen-bond acceptors (Lipinski definition) is 5. The van der Waals surface area contributed by atoms with Crippen molar-refractivity contribution in [3.8, 4) is 6.07 Å². The van der Waals surface area contributed by atoms with Gasteiger partial charge in [0.2, 0.25) is 10.0 Å². The van der Waals surface area contributed by atoms with Crippen molar-refractivity contribution in [2.45, 2.75) is 13.5 Å². The van der Waals surface area contributed by atoms with Gasteiger partial charge in [-0.15, -0.1) is 11.3 Å². The van der Waals surface area contributed by atoms with Gasteiger partial charge in [0.05, 0.1) is 11.3 Å². The molecule has 0 unspecified atom stereocenters. The van der Waals surface area contributed by atoms with Gasteiger partial charge in [-0.25, -0.2) is 8.42 Å². The lowest BCUT2D eigenvalue weighted by Crippen LogP contribution is -2.14. The molecule has 0 amide bonds. The highest BCUT2D eigenvalue weighted by atomic mass is 32.2. The normalized spacial score (nSPS) is 10.9. The first kappa shape index (κ1) is 15.4. The predicted octanol–water partition coefficient (Wildman–Crippen LogP) is 2.99. The molecule has 0 aliphatic carbocycles. The number of anilines is 2. The minimum atomic E-state index is -3.24. The van der Waals surface area contributed by atoms with Crippen molar-refractivity contribution in [3.63, 3.8) is 0 Å². The zero-order chi connectivity index (χ0) is 15.3. The fourth-order valence-electron chi connectivity index (χ4n) is 1.63. The second kappa shape index (κ2) is 6.61. The van der Waals surface area contributed by atoms with Crippen LogP contribution in [-0.4, -0.2) is 14.2 Å². The monoisotopic (exact) mass is 321 g/mol. The molecule has 0 aliphatic heterocycles. The Labute approximate surface area is 128 Å². The molecule has 21 heavy (non-hydrogen) atoms. The van der Waals surface area contributed by atoms with Crippen molar-refractivity contribution in [2.75, 3.05) is 15.8 Å². The molecular weight excluding hydrogens is 306 g/mol. The highest BCUT2D eigenvalue weighted by Crippen LogP contribution is 2.18. The second-order valence-electron chi connectivity index (χ2n) is 4.35. The molecule has 0 atom stereocenters. The van der Waals surface area contributed by atoms with Gasteiger partial charge in [0.25, 0.3) is 0 Å². The molecule has 0 fully saturated rings. The maximum atomic E-state index is 11.4. The zero-order valence-electron chi connectivity index (χ0n) is 11.5. The minimum absolute atomic E-state index is 0.0482. The second-order valence-corrected chi connectivity index (χ2v) is 7.36. The van der Waals surface area contributed by atoms with E-state index in [2.05, 4.69) is 16.1 Å². The summed E-state index contributed by atoms with van der Waals surface area (Å²) in [5, 5.41) is 13.8. The highest BCUT2D eigenvalue weighted by molar-refractivity contribution is 7.92. The van der Waals surface area contributed by atoms with Crippen LogP contribution in [0.3, 0.4) is 0 Å². The standard InChI is InChI=1S/C14H15N3O2S2/c1-2-21(18,19)17-13-5-3-12(4-6-13)16-9-14-7-11(8-15)10-20-14/h3-7,10,16-17H,2,9H2,1H3. The Hall–Kier alpha value is -2.04. The van der Waals surface area contributed by atoms with Crippen LogP contribution >= 0.6 is 11.3 Å². The first-order valence-electron chi connectivity index (χ1n) is 6.34. The van der Waals surface area contributed by atoms with Gasteiger partial charge in [0.1, 0.15) is 6.07 Å². The number of nitrogens with one attached hydrogen (secondary N) is 2. The smallest absolute Gasteiger partial charge is 0.232 e. The molecule has 1 heterocycles. The molecular formula is C14H15N3O2S2. The molecule has 0 saturated heterocycles. The van der Waals surface area contributed by atoms with E-state index in [0.29, 0.717) is 17.8 Å². The highest BCUT2D eigenvalue weighted by Gasteiger charge is 2.06. The lowest BCUT2D eigenvalue weighted by atomic mass is 10.3. The third kappa shape index (κ3) is 4.48. The molecule has 0 aliphatic rings. The lowest BCUT2D eigenvalue weighted by molar-refractivity contribution is 0.602. The molecule has 0 saturated carbocycles. The van der Waals surface area contributed by atoms with E-state index in [4.69, 9.17) is 5.26 Å². The van der Waals surface area contributed by atoms with Crippen LogP contribution in [0.5, 0.6) is 0 Å². The van der Waals surface area contributed by atoms with Crippen LogP contribution in [0, 0.1) is 11.3 Å². The summed E-state index contributed by atoms with van der Waals surface area (Å²) in [6, 6.07) is 11.0. The maximum absolute atomic E-state index is 11.4. The van der Waals surface area contributed by atoms with Gasteiger partial charge in [-0.05, 0) is 37.3 Å². The molecule has 2 N–H and O–H groups in total. The van der Waals surface area contributed by atoms with E-state index in [9.17, 15) is 8.42 Å². The average molecular weight is 321 g/mol. The van der Waals surface area contributed by atoms with Crippen molar-refractivity contribution in [1.29, 1.82) is 5.26 Å². The molecule has 1 aromatic heterocycles. The summed E-state index contributed by atoms with van der Waals surface area (Å²) in [7, 11) is -3.24. The van der Waals surface area contributed by atoms with E-state index in [1.807, 2.05) is 23.6 Å². The molecule has 5 nitrogen and oxygen atoms in total. The van der Waals surface area contributed by atoms with Gasteiger partial charge >= 0.3 is 0 Å². The van der Waals surface area contributed by atoms with Gasteiger partial charge in [-0.3, -0.25) is 4.72 Å². The summed E-state index contributed by atoms with van der Waals surface area (Å²) in [6.07, 6.45) is 0. The molecule has 110 valence electrons. The number of nitrogens with zero attached hydrogens (tertiary/aromatic N) is 1. The number of thiophene rings is 1. The maximum Gasteiger partial charge on any atom is 0.232 e. The molecule has 0 bridgehead atoms. The van der Waals surface area contributed by atoms with Crippen molar-refractivity contribution < 1.29 is 8.42 Å². The van der Waals surface area contributed by atoms with E-state index in [0.717, 1.165) is 10.6 Å². The van der Waals surface area contributed by atoms with E-state index in [1.54, 1.807) is 19.1 Å². The van der Waals surface area contributed by atoms with E-state index in [1.165, 1.54) is 11.3 Å². The molecule has 2 aromatic rings. The van der Waals surface area contributed by atoms with Gasteiger partial charge in [-0.1, -0.05) is 0 Å². The Morgan fingerprint density at radius 2 is 1.90 bits per heavy atom. The number of hydrogen-bond donors (Lipinski definition) is 2. The quantitative estimate of drug-likeness (QED) is 0.857. The van der Waals surface area contributed by atoms with E-state index < -0.39 is 10.0 Å². The van der Waals surface area contributed by atoms with Crippen molar-refractivity contribution in [3.05, 3.63) is 46.2 Å². The molecule has 0 radical (unpaired) electrons. The third-order valence-electron chi connectivity index (χ3n) is 2.79. The molecule has 2 rings (SSSR count). The summed E-state index contributed by atoms with van der Waals surface area (Å²) in [5.41, 5.74) is 2.10. The largest absolute Gasteiger partial charge is 0.380 e. The summed E-state index contributed by atoms with van der Waals surface area (Å²) >= 11 is 1.53. The number of benzene rings is 1. The van der Waals surface area contributed by atoms with Gasteiger partial charge in [0.15, 0.2) is 0 Å². The van der Waals surface area contributed by atoms with Gasteiger partial charge < -0.3 is 5.32 Å². The van der Waals surface area contributed by atoms with E-state index in [-0.39, 0.29) is 5.75 Å². The summed E-state index contributed by atoms with van der Waals surface area (Å²) < 4.78 is 25.4. The summed E-state index contributed by atoms with van der Waals surface area (Å²) in [4.78, 5) is 1.07. The Morgan fingerprint density at radius 1 is 1.24 bits per heavy atom.